The first kappa shape index (κ1) is 27.6. The highest BCUT2D eigenvalue weighted by atomic mass is 35.5. The van der Waals surface area contributed by atoms with Gasteiger partial charge >= 0.3 is 0 Å². The first-order valence-electron chi connectivity index (χ1n) is 12.8. The molecule has 4 bridgehead atoms. The van der Waals surface area contributed by atoms with Crippen molar-refractivity contribution >= 4 is 50.7 Å². The zero-order chi connectivity index (χ0) is 28.3. The van der Waals surface area contributed by atoms with Gasteiger partial charge in [0.05, 0.1) is 10.3 Å². The van der Waals surface area contributed by atoms with Crippen LogP contribution in [0.15, 0.2) is 83.9 Å². The lowest BCUT2D eigenvalue weighted by Gasteiger charge is -2.24. The van der Waals surface area contributed by atoms with E-state index in [9.17, 15) is 13.2 Å². The lowest BCUT2D eigenvalue weighted by atomic mass is 9.83. The molecule has 0 saturated carbocycles. The number of benzene rings is 3. The molecule has 2 heterocycles. The van der Waals surface area contributed by atoms with Gasteiger partial charge in [0.25, 0.3) is 0 Å². The molecule has 1 aliphatic heterocycles. The molecule has 0 aliphatic carbocycles. The Morgan fingerprint density at radius 3 is 2.50 bits per heavy atom. The molecule has 9 nitrogen and oxygen atoms in total. The van der Waals surface area contributed by atoms with E-state index in [4.69, 9.17) is 11.6 Å². The number of nitrogens with one attached hydrogen (secondary N) is 4. The van der Waals surface area contributed by atoms with Gasteiger partial charge in [-0.25, -0.2) is 18.1 Å². The van der Waals surface area contributed by atoms with Crippen LogP contribution in [0.2, 0.25) is 5.02 Å². The maximum atomic E-state index is 13.1. The number of aromatic nitrogens is 2. The van der Waals surface area contributed by atoms with Gasteiger partial charge in [0.15, 0.2) is 0 Å². The summed E-state index contributed by atoms with van der Waals surface area (Å²) >= 11 is 6.00. The van der Waals surface area contributed by atoms with Crippen molar-refractivity contribution < 1.29 is 13.2 Å². The Morgan fingerprint density at radius 2 is 1.75 bits per heavy atom. The molecule has 206 valence electrons. The molecule has 0 fully saturated rings. The summed E-state index contributed by atoms with van der Waals surface area (Å²) in [5.74, 6) is 0.804. The van der Waals surface area contributed by atoms with E-state index in [0.717, 1.165) is 16.7 Å². The van der Waals surface area contributed by atoms with Crippen LogP contribution in [0.3, 0.4) is 0 Å². The number of carbonyl (C=O) groups is 1. The SMILES string of the molecule is CC(C)(C(=O)Nc1ccc(-c2cnc3nc2NCCCNS(=O)(=O)c2cccc(c2)N3)cc1)c1ccc(Cl)cc1. The van der Waals surface area contributed by atoms with Gasteiger partial charge in [0, 0.05) is 41.2 Å². The zero-order valence-electron chi connectivity index (χ0n) is 22.0. The molecule has 40 heavy (non-hydrogen) atoms. The molecular formula is C29H29ClN6O3S. The van der Waals surface area contributed by atoms with E-state index in [-0.39, 0.29) is 17.3 Å². The Balaban J connectivity index is 1.37. The van der Waals surface area contributed by atoms with Crippen LogP contribution >= 0.6 is 11.6 Å². The number of nitrogens with zero attached hydrogens (tertiary/aromatic N) is 2. The topological polar surface area (TPSA) is 125 Å². The van der Waals surface area contributed by atoms with E-state index in [0.29, 0.717) is 41.1 Å². The fraction of sp³-hybridized carbons (Fsp3) is 0.207. The minimum atomic E-state index is -3.62. The highest BCUT2D eigenvalue weighted by molar-refractivity contribution is 7.89. The van der Waals surface area contributed by atoms with Crippen LogP contribution in [-0.2, 0) is 20.2 Å². The number of hydrogen-bond acceptors (Lipinski definition) is 7. The third-order valence-electron chi connectivity index (χ3n) is 6.71. The molecule has 4 aromatic rings. The van der Waals surface area contributed by atoms with Crippen LogP contribution in [0.25, 0.3) is 11.1 Å². The van der Waals surface area contributed by atoms with Gasteiger partial charge < -0.3 is 16.0 Å². The largest absolute Gasteiger partial charge is 0.369 e. The van der Waals surface area contributed by atoms with Crippen LogP contribution in [0.4, 0.5) is 23.1 Å². The average Bonchev–Trinajstić information content (AvgIpc) is 2.94. The summed E-state index contributed by atoms with van der Waals surface area (Å²) in [6.45, 7) is 4.51. The minimum Gasteiger partial charge on any atom is -0.369 e. The minimum absolute atomic E-state index is 0.138. The molecule has 4 N–H and O–H groups in total. The summed E-state index contributed by atoms with van der Waals surface area (Å²) in [7, 11) is -3.62. The summed E-state index contributed by atoms with van der Waals surface area (Å²) in [6, 6.07) is 21.2. The molecule has 0 atom stereocenters. The van der Waals surface area contributed by atoms with Crippen LogP contribution in [-0.4, -0.2) is 37.4 Å². The molecule has 0 radical (unpaired) electrons. The number of carbonyl (C=O) groups excluding carboxylic acids is 1. The Labute approximate surface area is 238 Å². The van der Waals surface area contributed by atoms with Gasteiger partial charge in [0.2, 0.25) is 21.9 Å². The molecule has 1 aliphatic rings. The Hall–Kier alpha value is -3.99. The van der Waals surface area contributed by atoms with E-state index in [2.05, 4.69) is 30.6 Å². The molecule has 0 unspecified atom stereocenters. The van der Waals surface area contributed by atoms with Crippen molar-refractivity contribution in [1.82, 2.24) is 14.7 Å². The summed E-state index contributed by atoms with van der Waals surface area (Å²) < 4.78 is 27.8. The molecule has 1 aromatic heterocycles. The van der Waals surface area contributed by atoms with E-state index < -0.39 is 15.4 Å². The van der Waals surface area contributed by atoms with Gasteiger partial charge in [-0.2, -0.15) is 4.98 Å². The Bertz CT molecular complexity index is 1640. The second kappa shape index (κ2) is 11.2. The van der Waals surface area contributed by atoms with Gasteiger partial charge in [0.1, 0.15) is 5.82 Å². The van der Waals surface area contributed by atoms with E-state index in [1.165, 1.54) is 0 Å². The number of rotatable bonds is 4. The maximum absolute atomic E-state index is 13.1. The van der Waals surface area contributed by atoms with Crippen molar-refractivity contribution in [2.24, 2.45) is 0 Å². The van der Waals surface area contributed by atoms with Crippen molar-refractivity contribution in [1.29, 1.82) is 0 Å². The van der Waals surface area contributed by atoms with E-state index >= 15 is 0 Å². The normalized spacial score (nSPS) is 14.9. The van der Waals surface area contributed by atoms with Crippen molar-refractivity contribution in [2.45, 2.75) is 30.6 Å². The maximum Gasteiger partial charge on any atom is 0.240 e. The summed E-state index contributed by atoms with van der Waals surface area (Å²) in [5, 5.41) is 10.0. The predicted molar refractivity (Wildman–Crippen MR) is 159 cm³/mol. The lowest BCUT2D eigenvalue weighted by molar-refractivity contribution is -0.120. The molecule has 5 rings (SSSR count). The van der Waals surface area contributed by atoms with E-state index in [1.807, 2.05) is 50.2 Å². The molecule has 0 saturated heterocycles. The Kier molecular flexibility index (Phi) is 7.75. The third-order valence-corrected chi connectivity index (χ3v) is 8.43. The molecule has 3 aromatic carbocycles. The van der Waals surface area contributed by atoms with Crippen molar-refractivity contribution in [3.63, 3.8) is 0 Å². The molecule has 1 amide bonds. The second-order valence-electron chi connectivity index (χ2n) is 9.95. The van der Waals surface area contributed by atoms with Gasteiger partial charge in [-0.05, 0) is 73.9 Å². The number of hydrogen-bond donors (Lipinski definition) is 4. The number of fused-ring (bicyclic) bond motifs is 4. The van der Waals surface area contributed by atoms with Crippen LogP contribution in [0, 0.1) is 0 Å². The fourth-order valence-corrected chi connectivity index (χ4v) is 5.51. The average molecular weight is 577 g/mol. The van der Waals surface area contributed by atoms with Crippen LogP contribution in [0.1, 0.15) is 25.8 Å². The van der Waals surface area contributed by atoms with Crippen LogP contribution in [0.5, 0.6) is 0 Å². The van der Waals surface area contributed by atoms with Crippen molar-refractivity contribution in [3.05, 3.63) is 89.6 Å². The summed E-state index contributed by atoms with van der Waals surface area (Å²) in [6.07, 6.45) is 2.27. The monoisotopic (exact) mass is 576 g/mol. The third kappa shape index (κ3) is 6.09. The van der Waals surface area contributed by atoms with E-state index in [1.54, 1.807) is 42.6 Å². The smallest absolute Gasteiger partial charge is 0.240 e. The molecular weight excluding hydrogens is 548 g/mol. The quantitative estimate of drug-likeness (QED) is 0.251. The second-order valence-corrected chi connectivity index (χ2v) is 12.2. The Morgan fingerprint density at radius 1 is 1.00 bits per heavy atom. The highest BCUT2D eigenvalue weighted by Gasteiger charge is 2.29. The predicted octanol–water partition coefficient (Wildman–Crippen LogP) is 5.55. The zero-order valence-corrected chi connectivity index (χ0v) is 23.6. The fourth-order valence-electron chi connectivity index (χ4n) is 4.26. The molecule has 11 heteroatoms. The number of halogens is 1. The van der Waals surface area contributed by atoms with Gasteiger partial charge in [-0.15, -0.1) is 0 Å². The number of sulfonamides is 1. The number of anilines is 4. The lowest BCUT2D eigenvalue weighted by Crippen LogP contribution is -2.34. The van der Waals surface area contributed by atoms with Crippen LogP contribution < -0.4 is 20.7 Å². The first-order valence-corrected chi connectivity index (χ1v) is 14.6. The van der Waals surface area contributed by atoms with Crippen molar-refractivity contribution in [2.75, 3.05) is 29.0 Å². The standard InChI is InChI=1S/C29H29ClN6O3S/c1-29(2,20-9-11-21(30)12-10-20)27(37)34-22-13-7-19(8-14-22)25-18-32-28-35-23-5-3-6-24(17-23)40(38,39)33-16-4-15-31-26(25)36-28/h3,5-14,17-18,33H,4,15-16H2,1-2H3,(H,34,37)(H2,31,32,35,36). The highest BCUT2D eigenvalue weighted by Crippen LogP contribution is 2.31. The van der Waals surface area contributed by atoms with Gasteiger partial charge in [-0.1, -0.05) is 41.9 Å². The summed E-state index contributed by atoms with van der Waals surface area (Å²) in [4.78, 5) is 22.4. The first-order chi connectivity index (χ1) is 19.1. The van der Waals surface area contributed by atoms with Crippen molar-refractivity contribution in [3.8, 4) is 11.1 Å². The molecule has 0 spiro atoms. The summed E-state index contributed by atoms with van der Waals surface area (Å²) in [5.41, 5.74) is 2.96. The van der Waals surface area contributed by atoms with Gasteiger partial charge in [-0.3, -0.25) is 4.79 Å². The number of amides is 1.